The molecule has 3 N–H and O–H groups in total. The molecule has 0 amide bonds. The molecule has 0 bridgehead atoms. The summed E-state index contributed by atoms with van der Waals surface area (Å²) in [6, 6.07) is 1.98. The first-order valence-electron chi connectivity index (χ1n) is 18.1. The van der Waals surface area contributed by atoms with Crippen molar-refractivity contribution in [2.24, 2.45) is 23.7 Å². The standard InChI is InChI=1S/C34H57NO3.C3H8/c36-32-18-10-26(11-19-32)5-7-28-3-1-2-27(24-28)6-4-25-8-12-29(13-9-25)35(30-14-20-33(37)21-15-30)31-16-22-34(38)23-17-31;1-3-2/h4-7,25-34,36-38H,1-3,8-24H2;3H2,1-2H3/b6-4+,7-5+;. The third kappa shape index (κ3) is 10.8. The van der Waals surface area contributed by atoms with Gasteiger partial charge >= 0.3 is 0 Å². The second kappa shape index (κ2) is 17.6. The van der Waals surface area contributed by atoms with Crippen molar-refractivity contribution in [1.82, 2.24) is 4.90 Å². The van der Waals surface area contributed by atoms with Gasteiger partial charge in [0.2, 0.25) is 0 Å². The van der Waals surface area contributed by atoms with Crippen LogP contribution in [-0.4, -0.2) is 56.7 Å². The van der Waals surface area contributed by atoms with Crippen LogP contribution >= 0.6 is 0 Å². The third-order valence-corrected chi connectivity index (χ3v) is 11.1. The van der Waals surface area contributed by atoms with Gasteiger partial charge in [0.05, 0.1) is 18.3 Å². The molecule has 0 aliphatic heterocycles. The Morgan fingerprint density at radius 3 is 1.12 bits per heavy atom. The highest BCUT2D eigenvalue weighted by molar-refractivity contribution is 5.02. The molecule has 5 rings (SSSR count). The number of allylic oxidation sites excluding steroid dienone is 4. The Labute approximate surface area is 253 Å². The van der Waals surface area contributed by atoms with Crippen LogP contribution in [0.3, 0.4) is 0 Å². The molecular weight excluding hydrogens is 506 g/mol. The SMILES string of the molecule is CCC.OC1CCC(/C=C/C2CCCC(/C=C/C3CCC(N(C4CCC(O)CC4)C4CCC(O)CC4)CC3)C2)CC1. The zero-order chi connectivity index (χ0) is 29.0. The molecule has 0 radical (unpaired) electrons. The van der Waals surface area contributed by atoms with Gasteiger partial charge in [-0.1, -0.05) is 51.0 Å². The molecule has 0 heterocycles. The van der Waals surface area contributed by atoms with Gasteiger partial charge < -0.3 is 15.3 Å². The average molecular weight is 572 g/mol. The number of aliphatic hydroxyl groups is 3. The van der Waals surface area contributed by atoms with E-state index >= 15 is 0 Å². The summed E-state index contributed by atoms with van der Waals surface area (Å²) in [5, 5.41) is 30.0. The molecular formula is C37H65NO3. The average Bonchev–Trinajstić information content (AvgIpc) is 2.99. The monoisotopic (exact) mass is 571 g/mol. The van der Waals surface area contributed by atoms with E-state index in [1.165, 1.54) is 70.6 Å². The predicted octanol–water partition coefficient (Wildman–Crippen LogP) is 8.34. The van der Waals surface area contributed by atoms with Gasteiger partial charge in [-0.15, -0.1) is 0 Å². The molecule has 0 aromatic carbocycles. The summed E-state index contributed by atoms with van der Waals surface area (Å²) >= 11 is 0. The van der Waals surface area contributed by atoms with E-state index in [9.17, 15) is 15.3 Å². The molecule has 2 unspecified atom stereocenters. The Kier molecular flexibility index (Phi) is 14.2. The maximum absolute atomic E-state index is 10.1. The zero-order valence-electron chi connectivity index (χ0n) is 26.7. The molecule has 0 aromatic rings. The van der Waals surface area contributed by atoms with Crippen molar-refractivity contribution in [3.05, 3.63) is 24.3 Å². The van der Waals surface area contributed by atoms with Crippen LogP contribution in [0.25, 0.3) is 0 Å². The van der Waals surface area contributed by atoms with Gasteiger partial charge in [0.25, 0.3) is 0 Å². The van der Waals surface area contributed by atoms with E-state index in [0.717, 1.165) is 82.0 Å². The van der Waals surface area contributed by atoms with Gasteiger partial charge in [0.15, 0.2) is 0 Å². The molecule has 5 fully saturated rings. The number of hydrogen-bond acceptors (Lipinski definition) is 4. The highest BCUT2D eigenvalue weighted by atomic mass is 16.3. The van der Waals surface area contributed by atoms with Gasteiger partial charge in [0, 0.05) is 18.1 Å². The Bertz CT molecular complexity index is 728. The summed E-state index contributed by atoms with van der Waals surface area (Å²) in [5.74, 6) is 2.95. The molecule has 41 heavy (non-hydrogen) atoms. The van der Waals surface area contributed by atoms with Crippen LogP contribution in [0.5, 0.6) is 0 Å². The van der Waals surface area contributed by atoms with Crippen molar-refractivity contribution in [2.45, 2.75) is 185 Å². The second-order valence-corrected chi connectivity index (χ2v) is 14.7. The van der Waals surface area contributed by atoms with Crippen LogP contribution in [-0.2, 0) is 0 Å². The molecule has 0 saturated heterocycles. The minimum Gasteiger partial charge on any atom is -0.393 e. The molecule has 5 aliphatic carbocycles. The number of rotatable bonds is 7. The summed E-state index contributed by atoms with van der Waals surface area (Å²) in [7, 11) is 0. The fraction of sp³-hybridized carbons (Fsp3) is 0.892. The predicted molar refractivity (Wildman–Crippen MR) is 172 cm³/mol. The Hall–Kier alpha value is -0.680. The second-order valence-electron chi connectivity index (χ2n) is 14.7. The maximum atomic E-state index is 10.1. The van der Waals surface area contributed by atoms with Crippen molar-refractivity contribution in [2.75, 3.05) is 0 Å². The van der Waals surface area contributed by atoms with Crippen LogP contribution < -0.4 is 0 Å². The fourth-order valence-electron chi connectivity index (χ4n) is 8.74. The third-order valence-electron chi connectivity index (χ3n) is 11.1. The van der Waals surface area contributed by atoms with Crippen LogP contribution in [0.15, 0.2) is 24.3 Å². The molecule has 5 saturated carbocycles. The largest absolute Gasteiger partial charge is 0.393 e. The highest BCUT2D eigenvalue weighted by Crippen LogP contribution is 2.39. The van der Waals surface area contributed by atoms with Crippen LogP contribution in [0.2, 0.25) is 0 Å². The van der Waals surface area contributed by atoms with Gasteiger partial charge in [-0.2, -0.15) is 0 Å². The summed E-state index contributed by atoms with van der Waals surface area (Å²) in [4.78, 5) is 2.92. The Balaban J connectivity index is 0.00000124. The molecule has 5 aliphatic rings. The minimum absolute atomic E-state index is 0.0513. The summed E-state index contributed by atoms with van der Waals surface area (Å²) in [6.45, 7) is 4.25. The van der Waals surface area contributed by atoms with Crippen molar-refractivity contribution in [3.8, 4) is 0 Å². The topological polar surface area (TPSA) is 63.9 Å². The lowest BCUT2D eigenvalue weighted by Crippen LogP contribution is -2.53. The maximum Gasteiger partial charge on any atom is 0.0541 e. The summed E-state index contributed by atoms with van der Waals surface area (Å²) in [5.41, 5.74) is 0. The lowest BCUT2D eigenvalue weighted by molar-refractivity contribution is -0.0162. The van der Waals surface area contributed by atoms with Crippen molar-refractivity contribution in [1.29, 1.82) is 0 Å². The lowest BCUT2D eigenvalue weighted by atomic mass is 9.78. The molecule has 0 spiro atoms. The molecule has 236 valence electrons. The zero-order valence-corrected chi connectivity index (χ0v) is 26.7. The smallest absolute Gasteiger partial charge is 0.0541 e. The number of hydrogen-bond donors (Lipinski definition) is 3. The number of nitrogens with zero attached hydrogens (tertiary/aromatic N) is 1. The Morgan fingerprint density at radius 1 is 0.439 bits per heavy atom. The normalized spacial score (nSPS) is 40.9. The van der Waals surface area contributed by atoms with Crippen molar-refractivity contribution in [3.63, 3.8) is 0 Å². The van der Waals surface area contributed by atoms with Gasteiger partial charge in [-0.3, -0.25) is 4.90 Å². The Morgan fingerprint density at radius 2 is 0.732 bits per heavy atom. The van der Waals surface area contributed by atoms with E-state index in [1.54, 1.807) is 0 Å². The van der Waals surface area contributed by atoms with E-state index < -0.39 is 0 Å². The molecule has 0 aromatic heterocycles. The van der Waals surface area contributed by atoms with Crippen molar-refractivity contribution >= 4 is 0 Å². The summed E-state index contributed by atoms with van der Waals surface area (Å²) in [6.07, 6.45) is 34.7. The molecule has 4 heteroatoms. The quantitative estimate of drug-likeness (QED) is 0.269. The van der Waals surface area contributed by atoms with Crippen molar-refractivity contribution < 1.29 is 15.3 Å². The van der Waals surface area contributed by atoms with Crippen LogP contribution in [0.1, 0.15) is 149 Å². The van der Waals surface area contributed by atoms with E-state index in [1.807, 2.05) is 0 Å². The summed E-state index contributed by atoms with van der Waals surface area (Å²) < 4.78 is 0. The van der Waals surface area contributed by atoms with Crippen LogP contribution in [0, 0.1) is 23.7 Å². The molecule has 2 atom stereocenters. The minimum atomic E-state index is -0.0849. The number of aliphatic hydroxyl groups excluding tert-OH is 3. The first-order chi connectivity index (χ1) is 19.9. The first kappa shape index (κ1) is 33.2. The van der Waals surface area contributed by atoms with Crippen LogP contribution in [0.4, 0.5) is 0 Å². The van der Waals surface area contributed by atoms with Gasteiger partial charge in [-0.25, -0.2) is 0 Å². The van der Waals surface area contributed by atoms with Gasteiger partial charge in [0.1, 0.15) is 0 Å². The van der Waals surface area contributed by atoms with E-state index in [2.05, 4.69) is 43.1 Å². The fourth-order valence-corrected chi connectivity index (χ4v) is 8.74. The van der Waals surface area contributed by atoms with Gasteiger partial charge in [-0.05, 0) is 146 Å². The first-order valence-corrected chi connectivity index (χ1v) is 18.1. The van der Waals surface area contributed by atoms with E-state index in [0.29, 0.717) is 24.0 Å². The van der Waals surface area contributed by atoms with E-state index in [4.69, 9.17) is 0 Å². The lowest BCUT2D eigenvalue weighted by Gasteiger charge is -2.49. The van der Waals surface area contributed by atoms with E-state index in [-0.39, 0.29) is 18.3 Å². The highest BCUT2D eigenvalue weighted by Gasteiger charge is 2.37. The molecule has 4 nitrogen and oxygen atoms in total.